The molecule has 5 heteroatoms. The summed E-state index contributed by atoms with van der Waals surface area (Å²) in [6.07, 6.45) is -1.26. The van der Waals surface area contributed by atoms with Crippen LogP contribution >= 0.6 is 0 Å². The largest absolute Gasteiger partial charge is 0.530 e. The Bertz CT molecular complexity index is 403. The van der Waals surface area contributed by atoms with E-state index in [1.54, 1.807) is 32.0 Å². The van der Waals surface area contributed by atoms with Gasteiger partial charge < -0.3 is 24.3 Å². The molecular weight excluding hydrogens is 222 g/mol. The van der Waals surface area contributed by atoms with Crippen LogP contribution in [-0.2, 0) is 0 Å². The molecule has 0 N–H and O–H groups in total. The zero-order chi connectivity index (χ0) is 13.0. The lowest BCUT2D eigenvalue weighted by Crippen LogP contribution is -2.45. The highest BCUT2D eigenvalue weighted by Crippen LogP contribution is 2.33. The van der Waals surface area contributed by atoms with Gasteiger partial charge in [0.05, 0.1) is 19.9 Å². The molecule has 5 nitrogen and oxygen atoms in total. The number of benzene rings is 1. The summed E-state index contributed by atoms with van der Waals surface area (Å²) in [7, 11) is 3.01. The maximum Gasteiger partial charge on any atom is 0.146 e. The zero-order valence-electron chi connectivity index (χ0n) is 10.4. The second kappa shape index (κ2) is 5.43. The number of carboxylic acid groups (broad SMARTS) is 1. The molecule has 0 saturated heterocycles. The van der Waals surface area contributed by atoms with Crippen LogP contribution in [0.25, 0.3) is 0 Å². The minimum Gasteiger partial charge on any atom is -0.530 e. The third kappa shape index (κ3) is 2.81. The molecule has 1 rings (SSSR count). The maximum absolute atomic E-state index is 11.1. The van der Waals surface area contributed by atoms with Crippen LogP contribution < -0.4 is 19.5 Å². The number of carbonyl (C=O) groups excluding carboxylic acids is 1. The molecule has 0 aliphatic heterocycles. The van der Waals surface area contributed by atoms with Crippen molar-refractivity contribution in [2.75, 3.05) is 19.1 Å². The summed E-state index contributed by atoms with van der Waals surface area (Å²) in [4.78, 5) is 12.2. The number of hydrogen-bond acceptors (Lipinski definition) is 4. The van der Waals surface area contributed by atoms with E-state index >= 15 is 0 Å². The van der Waals surface area contributed by atoms with Gasteiger partial charge in [-0.3, -0.25) is 0 Å². The van der Waals surface area contributed by atoms with Crippen LogP contribution in [0.4, 0.5) is 10.5 Å². The van der Waals surface area contributed by atoms with Crippen molar-refractivity contribution in [1.82, 2.24) is 0 Å². The van der Waals surface area contributed by atoms with Crippen molar-refractivity contribution in [3.8, 4) is 11.5 Å². The highest BCUT2D eigenvalue weighted by Gasteiger charge is 2.16. The number of hydrogen-bond donors (Lipinski definition) is 0. The molecule has 17 heavy (non-hydrogen) atoms. The summed E-state index contributed by atoms with van der Waals surface area (Å²) in [6.45, 7) is 3.53. The number of methoxy groups -OCH3 is 2. The molecule has 1 aromatic carbocycles. The van der Waals surface area contributed by atoms with Crippen molar-refractivity contribution < 1.29 is 19.4 Å². The summed E-state index contributed by atoms with van der Waals surface area (Å²) in [6, 6.07) is 4.71. The molecule has 1 aromatic rings. The van der Waals surface area contributed by atoms with Gasteiger partial charge in [0.15, 0.2) is 0 Å². The number of ether oxygens (including phenoxy) is 2. The van der Waals surface area contributed by atoms with Crippen molar-refractivity contribution in [3.05, 3.63) is 18.2 Å². The zero-order valence-corrected chi connectivity index (χ0v) is 10.4. The fourth-order valence-corrected chi connectivity index (χ4v) is 1.57. The van der Waals surface area contributed by atoms with Crippen molar-refractivity contribution >= 4 is 11.8 Å². The summed E-state index contributed by atoms with van der Waals surface area (Å²) in [5.41, 5.74) is 0.448. The van der Waals surface area contributed by atoms with Gasteiger partial charge >= 0.3 is 0 Å². The van der Waals surface area contributed by atoms with E-state index in [0.29, 0.717) is 17.2 Å². The van der Waals surface area contributed by atoms with Gasteiger partial charge in [-0.1, -0.05) is 0 Å². The molecule has 0 fully saturated rings. The minimum absolute atomic E-state index is 0.234. The normalized spacial score (nSPS) is 10.2. The number of rotatable bonds is 4. The third-order valence-corrected chi connectivity index (χ3v) is 2.36. The molecule has 0 bridgehead atoms. The SMILES string of the molecule is COc1ccc(N(C(=O)[O-])C(C)C)c(OC)c1. The molecule has 0 aromatic heterocycles. The second-order valence-electron chi connectivity index (χ2n) is 3.77. The van der Waals surface area contributed by atoms with Crippen LogP contribution in [0.5, 0.6) is 11.5 Å². The Morgan fingerprint density at radius 2 is 1.94 bits per heavy atom. The maximum atomic E-state index is 11.1. The fourth-order valence-electron chi connectivity index (χ4n) is 1.57. The van der Waals surface area contributed by atoms with E-state index < -0.39 is 6.09 Å². The topological polar surface area (TPSA) is 61.8 Å². The Morgan fingerprint density at radius 3 is 2.35 bits per heavy atom. The lowest BCUT2D eigenvalue weighted by Gasteiger charge is -2.30. The summed E-state index contributed by atoms with van der Waals surface area (Å²) < 4.78 is 10.2. The van der Waals surface area contributed by atoms with Gasteiger partial charge in [-0.05, 0) is 26.0 Å². The predicted octanol–water partition coefficient (Wildman–Crippen LogP) is 1.26. The first kappa shape index (κ1) is 13.2. The molecule has 0 radical (unpaired) electrons. The highest BCUT2D eigenvalue weighted by atomic mass is 16.5. The smallest absolute Gasteiger partial charge is 0.146 e. The molecule has 0 spiro atoms. The standard InChI is InChI=1S/C12H17NO4/c1-8(2)13(12(14)15)10-6-5-9(16-3)7-11(10)17-4/h5-8H,1-4H3,(H,14,15)/p-1. The quantitative estimate of drug-likeness (QED) is 0.792. The van der Waals surface area contributed by atoms with Gasteiger partial charge in [-0.25, -0.2) is 0 Å². The Balaban J connectivity index is 3.23. The summed E-state index contributed by atoms with van der Waals surface area (Å²) in [5, 5.41) is 11.1. The van der Waals surface area contributed by atoms with Crippen LogP contribution in [0.1, 0.15) is 13.8 Å². The van der Waals surface area contributed by atoms with E-state index in [2.05, 4.69) is 0 Å². The molecule has 94 valence electrons. The lowest BCUT2D eigenvalue weighted by atomic mass is 10.2. The van der Waals surface area contributed by atoms with Crippen LogP contribution in [0, 0.1) is 0 Å². The molecule has 0 unspecified atom stereocenters. The van der Waals surface area contributed by atoms with E-state index in [-0.39, 0.29) is 6.04 Å². The molecule has 0 heterocycles. The molecule has 0 aliphatic carbocycles. The van der Waals surface area contributed by atoms with Gasteiger partial charge in [0, 0.05) is 12.1 Å². The predicted molar refractivity (Wildman–Crippen MR) is 62.6 cm³/mol. The van der Waals surface area contributed by atoms with Crippen molar-refractivity contribution in [1.29, 1.82) is 0 Å². The van der Waals surface area contributed by atoms with Crippen LogP contribution in [0.2, 0.25) is 0 Å². The molecule has 0 atom stereocenters. The monoisotopic (exact) mass is 238 g/mol. The van der Waals surface area contributed by atoms with E-state index in [9.17, 15) is 9.90 Å². The molecule has 0 aliphatic rings. The first-order valence-electron chi connectivity index (χ1n) is 5.23. The van der Waals surface area contributed by atoms with Gasteiger partial charge in [0.2, 0.25) is 0 Å². The molecule has 1 amide bonds. The fraction of sp³-hybridized carbons (Fsp3) is 0.417. The lowest BCUT2D eigenvalue weighted by molar-refractivity contribution is -0.247. The van der Waals surface area contributed by atoms with Crippen molar-refractivity contribution in [2.24, 2.45) is 0 Å². The third-order valence-electron chi connectivity index (χ3n) is 2.36. The van der Waals surface area contributed by atoms with Crippen LogP contribution in [-0.4, -0.2) is 26.4 Å². The number of nitrogens with zero attached hydrogens (tertiary/aromatic N) is 1. The Hall–Kier alpha value is -1.91. The Labute approximate surface area is 101 Å². The number of anilines is 1. The van der Waals surface area contributed by atoms with Crippen molar-refractivity contribution in [2.45, 2.75) is 19.9 Å². The van der Waals surface area contributed by atoms with E-state index in [1.165, 1.54) is 14.2 Å². The van der Waals surface area contributed by atoms with Crippen LogP contribution in [0.15, 0.2) is 18.2 Å². The summed E-state index contributed by atoms with van der Waals surface area (Å²) >= 11 is 0. The number of amides is 1. The average molecular weight is 238 g/mol. The van der Waals surface area contributed by atoms with E-state index in [1.807, 2.05) is 0 Å². The first-order chi connectivity index (χ1) is 8.01. The van der Waals surface area contributed by atoms with Gasteiger partial charge in [-0.2, -0.15) is 0 Å². The van der Waals surface area contributed by atoms with Gasteiger partial charge in [0.1, 0.15) is 17.6 Å². The van der Waals surface area contributed by atoms with Gasteiger partial charge in [0.25, 0.3) is 0 Å². The molecule has 0 saturated carbocycles. The average Bonchev–Trinajstić information content (AvgIpc) is 2.28. The first-order valence-corrected chi connectivity index (χ1v) is 5.23. The number of carbonyl (C=O) groups is 1. The van der Waals surface area contributed by atoms with E-state index in [0.717, 1.165) is 4.90 Å². The Kier molecular flexibility index (Phi) is 4.20. The van der Waals surface area contributed by atoms with Crippen molar-refractivity contribution in [3.63, 3.8) is 0 Å². The minimum atomic E-state index is -1.26. The van der Waals surface area contributed by atoms with Crippen LogP contribution in [0.3, 0.4) is 0 Å². The summed E-state index contributed by atoms with van der Waals surface area (Å²) in [5.74, 6) is 1.04. The Morgan fingerprint density at radius 1 is 1.29 bits per heavy atom. The molecular formula is C12H16NO4-. The second-order valence-corrected chi connectivity index (χ2v) is 3.77. The van der Waals surface area contributed by atoms with E-state index in [4.69, 9.17) is 9.47 Å². The highest BCUT2D eigenvalue weighted by molar-refractivity contribution is 5.87. The van der Waals surface area contributed by atoms with Gasteiger partial charge in [-0.15, -0.1) is 0 Å².